The summed E-state index contributed by atoms with van der Waals surface area (Å²) in [7, 11) is 0. The molecule has 0 bridgehead atoms. The van der Waals surface area contributed by atoms with Gasteiger partial charge in [0.25, 0.3) is 17.5 Å². The second kappa shape index (κ2) is 6.04. The highest BCUT2D eigenvalue weighted by Gasteiger charge is 2.25. The Balaban J connectivity index is 2.10. The quantitative estimate of drug-likeness (QED) is 0.492. The number of nitro groups is 1. The van der Waals surface area contributed by atoms with Crippen molar-refractivity contribution in [3.8, 4) is 0 Å². The third kappa shape index (κ3) is 3.08. The number of nitro benzene ring substituents is 1. The van der Waals surface area contributed by atoms with Gasteiger partial charge in [-0.05, 0) is 12.1 Å². The predicted molar refractivity (Wildman–Crippen MR) is 74.3 cm³/mol. The van der Waals surface area contributed by atoms with Crippen LogP contribution in [-0.2, 0) is 9.59 Å². The number of carbonyl (C=O) groups is 3. The lowest BCUT2D eigenvalue weighted by atomic mass is 10.2. The van der Waals surface area contributed by atoms with Crippen molar-refractivity contribution < 1.29 is 24.4 Å². The minimum Gasteiger partial charge on any atom is -0.465 e. The number of non-ortho nitro benzene ring substituents is 1. The number of anilines is 1. The average Bonchev–Trinajstić information content (AvgIpc) is 2.79. The molecule has 1 heterocycles. The van der Waals surface area contributed by atoms with E-state index in [0.717, 1.165) is 22.0 Å². The smallest absolute Gasteiger partial charge is 0.411 e. The molecular formula is C13H11N3O6. The molecule has 0 saturated heterocycles. The van der Waals surface area contributed by atoms with Crippen molar-refractivity contribution in [2.75, 3.05) is 18.0 Å². The summed E-state index contributed by atoms with van der Waals surface area (Å²) < 4.78 is 0. The van der Waals surface area contributed by atoms with E-state index in [4.69, 9.17) is 0 Å². The Hall–Kier alpha value is -3.23. The lowest BCUT2D eigenvalue weighted by Crippen LogP contribution is -2.40. The largest absolute Gasteiger partial charge is 0.465 e. The molecule has 22 heavy (non-hydrogen) atoms. The number of carbonyl (C=O) groups excluding carboxylic acids is 2. The Morgan fingerprint density at radius 1 is 1.18 bits per heavy atom. The molecule has 0 aromatic heterocycles. The molecule has 9 heteroatoms. The van der Waals surface area contributed by atoms with Crippen molar-refractivity contribution in [1.29, 1.82) is 0 Å². The van der Waals surface area contributed by atoms with Crippen LogP contribution in [0.1, 0.15) is 0 Å². The number of benzene rings is 1. The molecule has 0 unspecified atom stereocenters. The zero-order valence-electron chi connectivity index (χ0n) is 11.2. The van der Waals surface area contributed by atoms with Gasteiger partial charge in [-0.25, -0.2) is 4.79 Å². The molecular weight excluding hydrogens is 294 g/mol. The molecule has 1 aromatic rings. The zero-order valence-corrected chi connectivity index (χ0v) is 11.2. The highest BCUT2D eigenvalue weighted by atomic mass is 16.6. The molecule has 1 aliphatic rings. The second-order valence-electron chi connectivity index (χ2n) is 4.37. The van der Waals surface area contributed by atoms with Gasteiger partial charge in [0.15, 0.2) is 0 Å². The van der Waals surface area contributed by atoms with Gasteiger partial charge < -0.3 is 5.11 Å². The maximum Gasteiger partial charge on any atom is 0.411 e. The van der Waals surface area contributed by atoms with Gasteiger partial charge in [-0.1, -0.05) is 0 Å². The first-order valence-corrected chi connectivity index (χ1v) is 6.18. The molecule has 1 N–H and O–H groups in total. The molecule has 0 atom stereocenters. The fraction of sp³-hybridized carbons (Fsp3) is 0.154. The van der Waals surface area contributed by atoms with Crippen molar-refractivity contribution in [3.63, 3.8) is 0 Å². The van der Waals surface area contributed by atoms with Gasteiger partial charge >= 0.3 is 6.09 Å². The van der Waals surface area contributed by atoms with Gasteiger partial charge in [-0.2, -0.15) is 0 Å². The Morgan fingerprint density at radius 2 is 1.73 bits per heavy atom. The maximum atomic E-state index is 11.4. The lowest BCUT2D eigenvalue weighted by molar-refractivity contribution is -0.384. The fourth-order valence-corrected chi connectivity index (χ4v) is 1.94. The van der Waals surface area contributed by atoms with Crippen LogP contribution in [0, 0.1) is 10.1 Å². The van der Waals surface area contributed by atoms with Crippen molar-refractivity contribution >= 4 is 29.3 Å². The summed E-state index contributed by atoms with van der Waals surface area (Å²) in [4.78, 5) is 45.9. The van der Waals surface area contributed by atoms with E-state index >= 15 is 0 Å². The topological polar surface area (TPSA) is 121 Å². The monoisotopic (exact) mass is 305 g/mol. The Kier molecular flexibility index (Phi) is 4.16. The Morgan fingerprint density at radius 3 is 2.18 bits per heavy atom. The number of amides is 3. The Labute approximate surface area is 124 Å². The summed E-state index contributed by atoms with van der Waals surface area (Å²) in [6.07, 6.45) is 0.930. The van der Waals surface area contributed by atoms with Gasteiger partial charge in [0.1, 0.15) is 0 Å². The second-order valence-corrected chi connectivity index (χ2v) is 4.37. The third-order valence-electron chi connectivity index (χ3n) is 3.05. The molecule has 1 aromatic carbocycles. The zero-order chi connectivity index (χ0) is 16.3. The van der Waals surface area contributed by atoms with Crippen LogP contribution in [-0.4, -0.2) is 45.9 Å². The average molecular weight is 305 g/mol. The molecule has 0 radical (unpaired) electrons. The highest BCUT2D eigenvalue weighted by Crippen LogP contribution is 2.19. The van der Waals surface area contributed by atoms with Crippen LogP contribution in [0.4, 0.5) is 16.2 Å². The fourth-order valence-electron chi connectivity index (χ4n) is 1.94. The van der Waals surface area contributed by atoms with Crippen LogP contribution in [0.2, 0.25) is 0 Å². The summed E-state index contributed by atoms with van der Waals surface area (Å²) in [6.45, 7) is -0.236. The number of carboxylic acid groups (broad SMARTS) is 1. The molecule has 1 aliphatic heterocycles. The molecule has 0 aliphatic carbocycles. The molecule has 0 saturated carbocycles. The van der Waals surface area contributed by atoms with Crippen molar-refractivity contribution in [3.05, 3.63) is 46.5 Å². The van der Waals surface area contributed by atoms with Gasteiger partial charge in [0.05, 0.1) is 4.92 Å². The van der Waals surface area contributed by atoms with Crippen LogP contribution in [0.15, 0.2) is 36.4 Å². The minimum absolute atomic E-state index is 0.103. The van der Waals surface area contributed by atoms with Crippen molar-refractivity contribution in [1.82, 2.24) is 4.90 Å². The molecule has 2 rings (SSSR count). The van der Waals surface area contributed by atoms with Crippen LogP contribution in [0.25, 0.3) is 0 Å². The third-order valence-corrected chi connectivity index (χ3v) is 3.05. The summed E-state index contributed by atoms with van der Waals surface area (Å²) >= 11 is 0. The van der Waals surface area contributed by atoms with E-state index in [1.165, 1.54) is 24.3 Å². The molecule has 0 fully saturated rings. The van der Waals surface area contributed by atoms with Crippen LogP contribution < -0.4 is 4.90 Å². The Bertz CT molecular complexity index is 649. The van der Waals surface area contributed by atoms with E-state index in [9.17, 15) is 29.6 Å². The van der Waals surface area contributed by atoms with Gasteiger partial charge in [-0.3, -0.25) is 29.5 Å². The van der Waals surface area contributed by atoms with E-state index in [-0.39, 0.29) is 24.5 Å². The first-order chi connectivity index (χ1) is 10.4. The van der Waals surface area contributed by atoms with E-state index < -0.39 is 22.8 Å². The number of nitrogens with zero attached hydrogens (tertiary/aromatic N) is 3. The minimum atomic E-state index is -1.29. The lowest BCUT2D eigenvalue weighted by Gasteiger charge is -2.22. The standard InChI is InChI=1S/C13H11N3O6/c17-11-5-6-12(18)15(11)8-7-14(13(19)20)9-1-3-10(4-2-9)16(21)22/h1-6H,7-8H2,(H,19,20). The van der Waals surface area contributed by atoms with Gasteiger partial charge in [0.2, 0.25) is 0 Å². The van der Waals surface area contributed by atoms with Gasteiger partial charge in [-0.15, -0.1) is 0 Å². The summed E-state index contributed by atoms with van der Waals surface area (Å²) in [5, 5.41) is 19.8. The number of hydrogen-bond acceptors (Lipinski definition) is 5. The van der Waals surface area contributed by atoms with Crippen LogP contribution >= 0.6 is 0 Å². The molecule has 3 amide bonds. The molecule has 9 nitrogen and oxygen atoms in total. The number of rotatable bonds is 5. The number of hydrogen-bond donors (Lipinski definition) is 1. The first kappa shape index (κ1) is 15.2. The summed E-state index contributed by atoms with van der Waals surface area (Å²) in [5.41, 5.74) is 0.0494. The van der Waals surface area contributed by atoms with Crippen LogP contribution in [0.3, 0.4) is 0 Å². The number of imide groups is 1. The summed E-state index contributed by atoms with van der Waals surface area (Å²) in [5.74, 6) is -1.00. The van der Waals surface area contributed by atoms with E-state index in [0.29, 0.717) is 0 Å². The van der Waals surface area contributed by atoms with E-state index in [2.05, 4.69) is 0 Å². The predicted octanol–water partition coefficient (Wildman–Crippen LogP) is 1.00. The van der Waals surface area contributed by atoms with E-state index in [1.807, 2.05) is 0 Å². The first-order valence-electron chi connectivity index (χ1n) is 6.18. The van der Waals surface area contributed by atoms with Gasteiger partial charge in [0, 0.05) is 43.1 Å². The van der Waals surface area contributed by atoms with Crippen molar-refractivity contribution in [2.24, 2.45) is 0 Å². The molecule has 114 valence electrons. The maximum absolute atomic E-state index is 11.4. The SMILES string of the molecule is O=C1C=CC(=O)N1CCN(C(=O)O)c1ccc([N+](=O)[O-])cc1. The normalized spacial score (nSPS) is 13.5. The summed E-state index contributed by atoms with van der Waals surface area (Å²) in [6, 6.07) is 4.94. The molecule has 0 spiro atoms. The van der Waals surface area contributed by atoms with Crippen molar-refractivity contribution in [2.45, 2.75) is 0 Å². The van der Waals surface area contributed by atoms with Crippen LogP contribution in [0.5, 0.6) is 0 Å². The highest BCUT2D eigenvalue weighted by molar-refractivity contribution is 6.12. The van der Waals surface area contributed by atoms with E-state index in [1.54, 1.807) is 0 Å².